The Morgan fingerprint density at radius 3 is 2.24 bits per heavy atom. The monoisotopic (exact) mass is 236 g/mol. The van der Waals surface area contributed by atoms with E-state index < -0.39 is 0 Å². The maximum Gasteiger partial charge on any atom is 0.0309 e. The summed E-state index contributed by atoms with van der Waals surface area (Å²) in [6.07, 6.45) is 13.0. The van der Waals surface area contributed by atoms with Gasteiger partial charge in [-0.2, -0.15) is 0 Å². The van der Waals surface area contributed by atoms with E-state index >= 15 is 0 Å². The first-order valence-electron chi connectivity index (χ1n) is 7.73. The minimum Gasteiger partial charge on any atom is -0.309 e. The lowest BCUT2D eigenvalue weighted by molar-refractivity contribution is 0.0138. The van der Waals surface area contributed by atoms with Gasteiger partial charge < -0.3 is 5.32 Å². The van der Waals surface area contributed by atoms with Crippen molar-refractivity contribution in [2.45, 2.75) is 75.8 Å². The summed E-state index contributed by atoms with van der Waals surface area (Å²) >= 11 is 0. The van der Waals surface area contributed by atoms with E-state index in [-0.39, 0.29) is 0 Å². The van der Waals surface area contributed by atoms with Gasteiger partial charge in [-0.3, -0.25) is 4.90 Å². The molecule has 3 fully saturated rings. The molecular formula is C15H28N2. The molecule has 1 spiro atoms. The maximum atomic E-state index is 3.84. The highest BCUT2D eigenvalue weighted by atomic mass is 15.3. The predicted molar refractivity (Wildman–Crippen MR) is 72.3 cm³/mol. The van der Waals surface area contributed by atoms with Gasteiger partial charge in [-0.15, -0.1) is 0 Å². The highest BCUT2D eigenvalue weighted by molar-refractivity contribution is 5.02. The molecule has 98 valence electrons. The van der Waals surface area contributed by atoms with E-state index in [1.165, 1.54) is 77.4 Å². The molecule has 2 nitrogen and oxygen atoms in total. The number of nitrogens with one attached hydrogen (secondary N) is 1. The van der Waals surface area contributed by atoms with Crippen molar-refractivity contribution in [1.29, 1.82) is 0 Å². The first-order valence-corrected chi connectivity index (χ1v) is 7.73. The Labute approximate surface area is 106 Å². The summed E-state index contributed by atoms with van der Waals surface area (Å²) in [6, 6.07) is 0. The lowest BCUT2D eigenvalue weighted by Crippen LogP contribution is -2.64. The number of rotatable bonds is 1. The minimum absolute atomic E-state index is 0.499. The third kappa shape index (κ3) is 2.26. The van der Waals surface area contributed by atoms with Gasteiger partial charge in [-0.05, 0) is 32.6 Å². The van der Waals surface area contributed by atoms with Crippen LogP contribution in [-0.4, -0.2) is 35.6 Å². The highest BCUT2D eigenvalue weighted by Crippen LogP contribution is 2.38. The molecule has 0 radical (unpaired) electrons. The van der Waals surface area contributed by atoms with Crippen LogP contribution in [0.5, 0.6) is 0 Å². The fourth-order valence-electron chi connectivity index (χ4n) is 4.43. The van der Waals surface area contributed by atoms with Gasteiger partial charge >= 0.3 is 0 Å². The fraction of sp³-hybridized carbons (Fsp3) is 1.00. The normalized spacial score (nSPS) is 33.0. The predicted octanol–water partition coefficient (Wildman–Crippen LogP) is 2.93. The second kappa shape index (κ2) is 4.55. The van der Waals surface area contributed by atoms with Gasteiger partial charge in [0.1, 0.15) is 0 Å². The molecule has 1 aliphatic heterocycles. The van der Waals surface area contributed by atoms with Crippen molar-refractivity contribution in [1.82, 2.24) is 10.2 Å². The van der Waals surface area contributed by atoms with E-state index in [0.29, 0.717) is 11.1 Å². The molecule has 2 saturated carbocycles. The number of piperazine rings is 1. The van der Waals surface area contributed by atoms with Crippen molar-refractivity contribution < 1.29 is 0 Å². The zero-order valence-corrected chi connectivity index (χ0v) is 11.4. The van der Waals surface area contributed by atoms with Crippen molar-refractivity contribution in [3.63, 3.8) is 0 Å². The molecule has 0 aromatic carbocycles. The van der Waals surface area contributed by atoms with Crippen molar-refractivity contribution in [3.8, 4) is 0 Å². The molecule has 1 heterocycles. The lowest BCUT2D eigenvalue weighted by atomic mass is 9.80. The molecule has 0 bridgehead atoms. The van der Waals surface area contributed by atoms with Crippen LogP contribution in [0.3, 0.4) is 0 Å². The topological polar surface area (TPSA) is 15.3 Å². The van der Waals surface area contributed by atoms with Gasteiger partial charge in [-0.25, -0.2) is 0 Å². The van der Waals surface area contributed by atoms with Gasteiger partial charge in [0, 0.05) is 30.7 Å². The van der Waals surface area contributed by atoms with E-state index in [2.05, 4.69) is 17.1 Å². The van der Waals surface area contributed by atoms with Crippen LogP contribution in [-0.2, 0) is 0 Å². The van der Waals surface area contributed by atoms with Crippen molar-refractivity contribution in [2.75, 3.05) is 19.6 Å². The molecule has 2 aliphatic carbocycles. The van der Waals surface area contributed by atoms with Crippen LogP contribution in [0.4, 0.5) is 0 Å². The zero-order valence-electron chi connectivity index (χ0n) is 11.4. The summed E-state index contributed by atoms with van der Waals surface area (Å²) in [4.78, 5) is 2.84. The Balaban J connectivity index is 1.70. The minimum atomic E-state index is 0.499. The zero-order chi connectivity index (χ0) is 11.8. The van der Waals surface area contributed by atoms with Crippen molar-refractivity contribution in [2.24, 2.45) is 0 Å². The van der Waals surface area contributed by atoms with Gasteiger partial charge in [0.2, 0.25) is 0 Å². The third-order valence-electron chi connectivity index (χ3n) is 5.63. The fourth-order valence-corrected chi connectivity index (χ4v) is 4.43. The summed E-state index contributed by atoms with van der Waals surface area (Å²) in [6.45, 7) is 6.34. The molecule has 0 atom stereocenters. The van der Waals surface area contributed by atoms with E-state index in [9.17, 15) is 0 Å². The van der Waals surface area contributed by atoms with Crippen molar-refractivity contribution in [3.05, 3.63) is 0 Å². The van der Waals surface area contributed by atoms with Gasteiger partial charge in [0.05, 0.1) is 0 Å². The molecule has 3 aliphatic rings. The van der Waals surface area contributed by atoms with Crippen LogP contribution >= 0.6 is 0 Å². The number of hydrogen-bond donors (Lipinski definition) is 1. The lowest BCUT2D eigenvalue weighted by Gasteiger charge is -2.51. The van der Waals surface area contributed by atoms with Crippen LogP contribution in [0, 0.1) is 0 Å². The summed E-state index contributed by atoms with van der Waals surface area (Å²) < 4.78 is 0. The van der Waals surface area contributed by atoms with Crippen molar-refractivity contribution >= 4 is 0 Å². The second-order valence-corrected chi connectivity index (χ2v) is 6.89. The second-order valence-electron chi connectivity index (χ2n) is 6.89. The Kier molecular flexibility index (Phi) is 3.20. The van der Waals surface area contributed by atoms with E-state index in [0.717, 1.165) is 0 Å². The van der Waals surface area contributed by atoms with Gasteiger partial charge in [0.15, 0.2) is 0 Å². The largest absolute Gasteiger partial charge is 0.309 e. The summed E-state index contributed by atoms with van der Waals surface area (Å²) in [5.41, 5.74) is 1.02. The smallest absolute Gasteiger partial charge is 0.0309 e. The van der Waals surface area contributed by atoms with Gasteiger partial charge in [-0.1, -0.05) is 32.1 Å². The Morgan fingerprint density at radius 2 is 1.53 bits per heavy atom. The van der Waals surface area contributed by atoms with Crippen LogP contribution in [0.15, 0.2) is 0 Å². The first kappa shape index (κ1) is 12.0. The van der Waals surface area contributed by atoms with E-state index in [1.807, 2.05) is 0 Å². The highest BCUT2D eigenvalue weighted by Gasteiger charge is 2.43. The molecule has 2 heteroatoms. The molecule has 0 aromatic rings. The quantitative estimate of drug-likeness (QED) is 0.753. The molecule has 0 aromatic heterocycles. The molecule has 0 unspecified atom stereocenters. The standard InChI is InChI=1S/C15H28N2/c1-14(7-3-2-4-8-14)17-12-11-16-15(13-17)9-5-6-10-15/h16H,2-13H2,1H3. The Hall–Kier alpha value is -0.0800. The number of hydrogen-bond acceptors (Lipinski definition) is 2. The maximum absolute atomic E-state index is 3.84. The molecule has 17 heavy (non-hydrogen) atoms. The van der Waals surface area contributed by atoms with E-state index in [1.54, 1.807) is 0 Å². The summed E-state index contributed by atoms with van der Waals surface area (Å²) in [7, 11) is 0. The van der Waals surface area contributed by atoms with Crippen LogP contribution in [0.25, 0.3) is 0 Å². The molecule has 1 N–H and O–H groups in total. The van der Waals surface area contributed by atoms with Crippen LogP contribution in [0.2, 0.25) is 0 Å². The first-order chi connectivity index (χ1) is 8.23. The molecular weight excluding hydrogens is 208 g/mol. The average Bonchev–Trinajstić information content (AvgIpc) is 2.78. The molecule has 0 amide bonds. The van der Waals surface area contributed by atoms with Gasteiger partial charge in [0.25, 0.3) is 0 Å². The van der Waals surface area contributed by atoms with E-state index in [4.69, 9.17) is 0 Å². The third-order valence-corrected chi connectivity index (χ3v) is 5.63. The Bertz CT molecular complexity index is 262. The summed E-state index contributed by atoms with van der Waals surface area (Å²) in [5, 5.41) is 3.84. The van der Waals surface area contributed by atoms with Crippen LogP contribution < -0.4 is 5.32 Å². The number of nitrogens with zero attached hydrogens (tertiary/aromatic N) is 1. The summed E-state index contributed by atoms with van der Waals surface area (Å²) in [5.74, 6) is 0. The SMILES string of the molecule is CC1(N2CCNC3(CCCC3)C2)CCCCC1. The van der Waals surface area contributed by atoms with Crippen LogP contribution in [0.1, 0.15) is 64.7 Å². The molecule has 1 saturated heterocycles. The Morgan fingerprint density at radius 1 is 0.882 bits per heavy atom. The molecule has 3 rings (SSSR count). The average molecular weight is 236 g/mol.